The Labute approximate surface area is 170 Å². The number of hydrogen-bond acceptors (Lipinski definition) is 5. The number of carbonyl (C=O) groups excluding carboxylic acids is 2. The molecule has 0 bridgehead atoms. The van der Waals surface area contributed by atoms with Crippen LogP contribution in [-0.2, 0) is 16.1 Å². The molecule has 4 rings (SSSR count). The SMILES string of the molecule is O=C(COc1ccc(N2CCCC2=O)cc1)N1CCN(Cc2cccnc2)CC1. The standard InChI is InChI=1S/C22H26N4O3/c27-21-4-2-10-26(21)19-5-7-20(8-6-19)29-17-22(28)25-13-11-24(12-14-25)16-18-3-1-9-23-15-18/h1,3,5-9,15H,2,4,10-14,16-17H2. The van der Waals surface area contributed by atoms with Crippen LogP contribution in [0.15, 0.2) is 48.8 Å². The van der Waals surface area contributed by atoms with Crippen LogP contribution >= 0.6 is 0 Å². The fourth-order valence-electron chi connectivity index (χ4n) is 3.79. The molecule has 1 aromatic heterocycles. The highest BCUT2D eigenvalue weighted by Crippen LogP contribution is 2.24. The second-order valence-corrected chi connectivity index (χ2v) is 7.45. The molecule has 7 nitrogen and oxygen atoms in total. The molecule has 152 valence electrons. The molecular weight excluding hydrogens is 368 g/mol. The Balaban J connectivity index is 1.21. The van der Waals surface area contributed by atoms with Crippen molar-refractivity contribution in [1.82, 2.24) is 14.8 Å². The molecule has 0 atom stereocenters. The van der Waals surface area contributed by atoms with E-state index >= 15 is 0 Å². The van der Waals surface area contributed by atoms with Gasteiger partial charge in [-0.3, -0.25) is 19.5 Å². The van der Waals surface area contributed by atoms with E-state index in [0.29, 0.717) is 25.3 Å². The molecule has 0 aliphatic carbocycles. The predicted molar refractivity (Wildman–Crippen MR) is 110 cm³/mol. The number of anilines is 1. The maximum Gasteiger partial charge on any atom is 0.260 e. The molecule has 2 amide bonds. The summed E-state index contributed by atoms with van der Waals surface area (Å²) in [4.78, 5) is 34.4. The topological polar surface area (TPSA) is 66.0 Å². The number of aromatic nitrogens is 1. The molecule has 0 unspecified atom stereocenters. The van der Waals surface area contributed by atoms with Crippen molar-refractivity contribution in [2.24, 2.45) is 0 Å². The average Bonchev–Trinajstić information content (AvgIpc) is 3.19. The summed E-state index contributed by atoms with van der Waals surface area (Å²) in [5.41, 5.74) is 2.07. The summed E-state index contributed by atoms with van der Waals surface area (Å²) in [5.74, 6) is 0.810. The van der Waals surface area contributed by atoms with Crippen LogP contribution < -0.4 is 9.64 Å². The van der Waals surface area contributed by atoms with E-state index in [2.05, 4.69) is 16.0 Å². The minimum Gasteiger partial charge on any atom is -0.484 e. The van der Waals surface area contributed by atoms with Gasteiger partial charge in [-0.15, -0.1) is 0 Å². The Kier molecular flexibility index (Phi) is 6.05. The van der Waals surface area contributed by atoms with Gasteiger partial charge in [-0.2, -0.15) is 0 Å². The molecule has 1 aromatic carbocycles. The molecule has 2 aliphatic heterocycles. The third kappa shape index (κ3) is 4.92. The normalized spacial score (nSPS) is 17.6. The molecule has 3 heterocycles. The van der Waals surface area contributed by atoms with E-state index in [1.807, 2.05) is 41.4 Å². The summed E-state index contributed by atoms with van der Waals surface area (Å²) in [5, 5.41) is 0. The number of piperazine rings is 1. The Morgan fingerprint density at radius 3 is 2.48 bits per heavy atom. The van der Waals surface area contributed by atoms with Gasteiger partial charge in [0.2, 0.25) is 5.91 Å². The lowest BCUT2D eigenvalue weighted by Crippen LogP contribution is -2.49. The zero-order chi connectivity index (χ0) is 20.1. The monoisotopic (exact) mass is 394 g/mol. The summed E-state index contributed by atoms with van der Waals surface area (Å²) >= 11 is 0. The van der Waals surface area contributed by atoms with E-state index in [0.717, 1.165) is 38.3 Å². The molecule has 29 heavy (non-hydrogen) atoms. The first-order valence-corrected chi connectivity index (χ1v) is 10.1. The number of rotatable bonds is 6. The van der Waals surface area contributed by atoms with E-state index in [-0.39, 0.29) is 18.4 Å². The van der Waals surface area contributed by atoms with Gasteiger partial charge >= 0.3 is 0 Å². The molecular formula is C22H26N4O3. The van der Waals surface area contributed by atoms with E-state index in [1.165, 1.54) is 5.56 Å². The van der Waals surface area contributed by atoms with Gasteiger partial charge in [0.05, 0.1) is 0 Å². The van der Waals surface area contributed by atoms with Crippen LogP contribution in [0.4, 0.5) is 5.69 Å². The summed E-state index contributed by atoms with van der Waals surface area (Å²) < 4.78 is 5.67. The summed E-state index contributed by atoms with van der Waals surface area (Å²) in [6.45, 7) is 4.77. The Bertz CT molecular complexity index is 833. The van der Waals surface area contributed by atoms with E-state index < -0.39 is 0 Å². The summed E-state index contributed by atoms with van der Waals surface area (Å²) in [7, 11) is 0. The van der Waals surface area contributed by atoms with Crippen LogP contribution in [0.25, 0.3) is 0 Å². The molecule has 0 saturated carbocycles. The van der Waals surface area contributed by atoms with Crippen molar-refractivity contribution in [3.05, 3.63) is 54.4 Å². The molecule has 2 aliphatic rings. The van der Waals surface area contributed by atoms with Crippen molar-refractivity contribution in [2.45, 2.75) is 19.4 Å². The number of nitrogens with zero attached hydrogens (tertiary/aromatic N) is 4. The van der Waals surface area contributed by atoms with Gasteiger partial charge < -0.3 is 14.5 Å². The third-order valence-corrected chi connectivity index (χ3v) is 5.44. The average molecular weight is 394 g/mol. The largest absolute Gasteiger partial charge is 0.484 e. The first kappa shape index (κ1) is 19.4. The van der Waals surface area contributed by atoms with Crippen molar-refractivity contribution < 1.29 is 14.3 Å². The molecule has 0 N–H and O–H groups in total. The highest BCUT2D eigenvalue weighted by molar-refractivity contribution is 5.95. The number of pyridine rings is 1. The number of benzene rings is 1. The maximum atomic E-state index is 12.5. The van der Waals surface area contributed by atoms with Gasteiger partial charge in [0.25, 0.3) is 5.91 Å². The van der Waals surface area contributed by atoms with Gasteiger partial charge in [0.15, 0.2) is 6.61 Å². The molecule has 2 saturated heterocycles. The first-order valence-electron chi connectivity index (χ1n) is 10.1. The van der Waals surface area contributed by atoms with Gasteiger partial charge in [-0.25, -0.2) is 0 Å². The van der Waals surface area contributed by atoms with Crippen molar-refractivity contribution >= 4 is 17.5 Å². The van der Waals surface area contributed by atoms with E-state index in [4.69, 9.17) is 4.74 Å². The second-order valence-electron chi connectivity index (χ2n) is 7.45. The smallest absolute Gasteiger partial charge is 0.260 e. The molecule has 2 aromatic rings. The Morgan fingerprint density at radius 1 is 1.03 bits per heavy atom. The molecule has 7 heteroatoms. The van der Waals surface area contributed by atoms with Gasteiger partial charge in [-0.05, 0) is 42.3 Å². The number of hydrogen-bond donors (Lipinski definition) is 0. The minimum atomic E-state index is 0.00447. The van der Waals surface area contributed by atoms with Crippen LogP contribution in [0.1, 0.15) is 18.4 Å². The first-order chi connectivity index (χ1) is 14.2. The van der Waals surface area contributed by atoms with Crippen LogP contribution in [-0.4, -0.2) is 65.9 Å². The van der Waals surface area contributed by atoms with Crippen molar-refractivity contribution in [3.8, 4) is 5.75 Å². The number of carbonyl (C=O) groups is 2. The Morgan fingerprint density at radius 2 is 1.83 bits per heavy atom. The van der Waals surface area contributed by atoms with Crippen LogP contribution in [0.3, 0.4) is 0 Å². The van der Waals surface area contributed by atoms with E-state index in [9.17, 15) is 9.59 Å². The van der Waals surface area contributed by atoms with Crippen molar-refractivity contribution in [1.29, 1.82) is 0 Å². The predicted octanol–water partition coefficient (Wildman–Crippen LogP) is 1.93. The summed E-state index contributed by atoms with van der Waals surface area (Å²) in [6.07, 6.45) is 5.18. The number of amides is 2. The summed E-state index contributed by atoms with van der Waals surface area (Å²) in [6, 6.07) is 11.4. The van der Waals surface area contributed by atoms with Crippen molar-refractivity contribution in [2.75, 3.05) is 44.2 Å². The zero-order valence-corrected chi connectivity index (χ0v) is 16.5. The second kappa shape index (κ2) is 9.05. The van der Waals surface area contributed by atoms with Gasteiger partial charge in [0.1, 0.15) is 5.75 Å². The maximum absolute atomic E-state index is 12.5. The fraction of sp³-hybridized carbons (Fsp3) is 0.409. The lowest BCUT2D eigenvalue weighted by molar-refractivity contribution is -0.135. The quantitative estimate of drug-likeness (QED) is 0.749. The molecule has 0 spiro atoms. The fourth-order valence-corrected chi connectivity index (χ4v) is 3.79. The van der Waals surface area contributed by atoms with Crippen LogP contribution in [0.5, 0.6) is 5.75 Å². The third-order valence-electron chi connectivity index (χ3n) is 5.44. The highest BCUT2D eigenvalue weighted by atomic mass is 16.5. The van der Waals surface area contributed by atoms with Gasteiger partial charge in [-0.1, -0.05) is 6.07 Å². The zero-order valence-electron chi connectivity index (χ0n) is 16.5. The number of ether oxygens (including phenoxy) is 1. The molecule has 2 fully saturated rings. The minimum absolute atomic E-state index is 0.00447. The lowest BCUT2D eigenvalue weighted by Gasteiger charge is -2.34. The van der Waals surface area contributed by atoms with Gasteiger partial charge in [0, 0.05) is 63.8 Å². The van der Waals surface area contributed by atoms with Crippen LogP contribution in [0.2, 0.25) is 0 Å². The Hall–Kier alpha value is -2.93. The lowest BCUT2D eigenvalue weighted by atomic mass is 10.2. The highest BCUT2D eigenvalue weighted by Gasteiger charge is 2.23. The van der Waals surface area contributed by atoms with Crippen LogP contribution in [0, 0.1) is 0 Å². The van der Waals surface area contributed by atoms with Crippen molar-refractivity contribution in [3.63, 3.8) is 0 Å². The van der Waals surface area contributed by atoms with E-state index in [1.54, 1.807) is 11.1 Å². The molecule has 0 radical (unpaired) electrons.